The molecule has 1 atom stereocenters. The minimum atomic E-state index is -1.40. The molecular weight excluding hydrogens is 336 g/mol. The lowest BCUT2D eigenvalue weighted by molar-refractivity contribution is 0.0695. The summed E-state index contributed by atoms with van der Waals surface area (Å²) in [5.41, 5.74) is 0.353. The van der Waals surface area contributed by atoms with Gasteiger partial charge in [-0.3, -0.25) is 9.36 Å². The zero-order valence-electron chi connectivity index (χ0n) is 13.8. The Kier molecular flexibility index (Phi) is 4.55. The van der Waals surface area contributed by atoms with Gasteiger partial charge in [-0.25, -0.2) is 9.59 Å². The smallest absolute Gasteiger partial charge is 0.341 e. The van der Waals surface area contributed by atoms with Gasteiger partial charge >= 0.3 is 12.0 Å². The summed E-state index contributed by atoms with van der Waals surface area (Å²) in [6, 6.07) is 12.3. The number of carboxylic acids is 1. The van der Waals surface area contributed by atoms with Crippen LogP contribution in [-0.4, -0.2) is 26.8 Å². The highest BCUT2D eigenvalue weighted by Gasteiger charge is 2.17. The first-order chi connectivity index (χ1) is 12.4. The number of benzene rings is 2. The van der Waals surface area contributed by atoms with E-state index in [0.29, 0.717) is 16.8 Å². The van der Waals surface area contributed by atoms with Crippen molar-refractivity contribution in [2.45, 2.75) is 13.0 Å². The van der Waals surface area contributed by atoms with E-state index in [1.165, 1.54) is 6.07 Å². The van der Waals surface area contributed by atoms with Gasteiger partial charge in [-0.2, -0.15) is 0 Å². The van der Waals surface area contributed by atoms with E-state index in [1.54, 1.807) is 49.4 Å². The molecule has 0 aliphatic carbocycles. The maximum absolute atomic E-state index is 12.6. The number of para-hydroxylation sites is 1. The lowest BCUT2D eigenvalue weighted by Gasteiger charge is -2.13. The summed E-state index contributed by atoms with van der Waals surface area (Å²) in [5, 5.41) is 21.6. The Morgan fingerprint density at radius 3 is 2.35 bits per heavy atom. The largest absolute Gasteiger partial charge is 0.477 e. The third-order valence-corrected chi connectivity index (χ3v) is 4.00. The van der Waals surface area contributed by atoms with Gasteiger partial charge < -0.3 is 15.5 Å². The first kappa shape index (κ1) is 17.4. The number of carbonyl (C=O) groups excluding carboxylic acids is 1. The van der Waals surface area contributed by atoms with Crippen LogP contribution in [0, 0.1) is 0 Å². The molecule has 26 heavy (non-hydrogen) atoms. The second-order valence-electron chi connectivity index (χ2n) is 5.79. The van der Waals surface area contributed by atoms with Crippen LogP contribution >= 0.6 is 0 Å². The quantitative estimate of drug-likeness (QED) is 0.672. The molecule has 1 heterocycles. The number of carbonyl (C=O) groups is 2. The molecule has 0 bridgehead atoms. The SMILES string of the molecule is CC(O)c1ccc(NC(=O)n2cc(C(=O)O)c(=O)c3ccccc32)cc1. The van der Waals surface area contributed by atoms with Crippen molar-refractivity contribution in [3.63, 3.8) is 0 Å². The number of aromatic carboxylic acids is 1. The minimum absolute atomic E-state index is 0.145. The zero-order chi connectivity index (χ0) is 18.8. The number of aliphatic hydroxyl groups excluding tert-OH is 1. The average molecular weight is 352 g/mol. The number of pyridine rings is 1. The molecule has 1 unspecified atom stereocenters. The second kappa shape index (κ2) is 6.81. The van der Waals surface area contributed by atoms with Gasteiger partial charge in [0.1, 0.15) is 5.56 Å². The second-order valence-corrected chi connectivity index (χ2v) is 5.79. The number of nitrogens with zero attached hydrogens (tertiary/aromatic N) is 1. The Morgan fingerprint density at radius 2 is 1.73 bits per heavy atom. The highest BCUT2D eigenvalue weighted by molar-refractivity contribution is 6.00. The fourth-order valence-electron chi connectivity index (χ4n) is 2.63. The molecule has 3 N–H and O–H groups in total. The molecule has 7 nitrogen and oxygen atoms in total. The van der Waals surface area contributed by atoms with Gasteiger partial charge in [-0.1, -0.05) is 24.3 Å². The number of anilines is 1. The Hall–Kier alpha value is -3.45. The van der Waals surface area contributed by atoms with Crippen molar-refractivity contribution in [1.29, 1.82) is 0 Å². The molecule has 0 fully saturated rings. The molecule has 2 aromatic carbocycles. The molecule has 0 radical (unpaired) electrons. The summed E-state index contributed by atoms with van der Waals surface area (Å²) in [6.07, 6.45) is 0.396. The number of rotatable bonds is 3. The number of aliphatic hydroxyl groups is 1. The van der Waals surface area contributed by atoms with Crippen molar-refractivity contribution < 1.29 is 19.8 Å². The van der Waals surface area contributed by atoms with E-state index in [4.69, 9.17) is 0 Å². The van der Waals surface area contributed by atoms with Gasteiger partial charge in [0.2, 0.25) is 5.43 Å². The number of hydrogen-bond donors (Lipinski definition) is 3. The van der Waals surface area contributed by atoms with E-state index in [2.05, 4.69) is 5.32 Å². The normalized spacial score (nSPS) is 11.9. The van der Waals surface area contributed by atoms with E-state index in [9.17, 15) is 24.6 Å². The number of fused-ring (bicyclic) bond motifs is 1. The van der Waals surface area contributed by atoms with Crippen molar-refractivity contribution in [1.82, 2.24) is 4.57 Å². The van der Waals surface area contributed by atoms with E-state index in [-0.39, 0.29) is 5.39 Å². The molecule has 7 heteroatoms. The zero-order valence-corrected chi connectivity index (χ0v) is 13.8. The van der Waals surface area contributed by atoms with Gasteiger partial charge in [0, 0.05) is 17.3 Å². The molecule has 1 amide bonds. The van der Waals surface area contributed by atoms with Crippen molar-refractivity contribution in [2.75, 3.05) is 5.32 Å². The molecule has 0 aliphatic rings. The van der Waals surface area contributed by atoms with Crippen LogP contribution in [0.4, 0.5) is 10.5 Å². The van der Waals surface area contributed by atoms with Crippen LogP contribution in [0.25, 0.3) is 10.9 Å². The predicted octanol–water partition coefficient (Wildman–Crippen LogP) is 2.83. The lowest BCUT2D eigenvalue weighted by atomic mass is 10.1. The molecular formula is C19H16N2O5. The molecule has 3 rings (SSSR count). The average Bonchev–Trinajstić information content (AvgIpc) is 2.62. The first-order valence-electron chi connectivity index (χ1n) is 7.85. The monoisotopic (exact) mass is 352 g/mol. The first-order valence-corrected chi connectivity index (χ1v) is 7.85. The Labute approximate surface area is 148 Å². The molecule has 132 valence electrons. The molecule has 0 saturated carbocycles. The van der Waals surface area contributed by atoms with Gasteiger partial charge in [0.15, 0.2) is 0 Å². The summed E-state index contributed by atoms with van der Waals surface area (Å²) >= 11 is 0. The molecule has 0 saturated heterocycles. The summed E-state index contributed by atoms with van der Waals surface area (Å²) in [7, 11) is 0. The van der Waals surface area contributed by atoms with Gasteiger partial charge in [-0.15, -0.1) is 0 Å². The van der Waals surface area contributed by atoms with Crippen molar-refractivity contribution in [3.8, 4) is 0 Å². The standard InChI is InChI=1S/C19H16N2O5/c1-11(22)12-6-8-13(9-7-12)20-19(26)21-10-15(18(24)25)17(23)14-4-2-3-5-16(14)21/h2-11,22H,1H3,(H,20,26)(H,24,25). The number of amides is 1. The maximum Gasteiger partial charge on any atom is 0.341 e. The molecule has 0 spiro atoms. The molecule has 1 aromatic heterocycles. The highest BCUT2D eigenvalue weighted by Crippen LogP contribution is 2.17. The molecule has 0 aliphatic heterocycles. The van der Waals surface area contributed by atoms with E-state index in [1.807, 2.05) is 0 Å². The van der Waals surface area contributed by atoms with E-state index in [0.717, 1.165) is 10.8 Å². The van der Waals surface area contributed by atoms with Crippen molar-refractivity contribution >= 4 is 28.6 Å². The van der Waals surface area contributed by atoms with Gasteiger partial charge in [0.05, 0.1) is 11.6 Å². The van der Waals surface area contributed by atoms with Crippen molar-refractivity contribution in [3.05, 3.63) is 76.1 Å². The number of aromatic nitrogens is 1. The number of nitrogens with one attached hydrogen (secondary N) is 1. The van der Waals surface area contributed by atoms with Crippen LogP contribution in [0.5, 0.6) is 0 Å². The van der Waals surface area contributed by atoms with Crippen LogP contribution in [0.2, 0.25) is 0 Å². The topological polar surface area (TPSA) is 109 Å². The van der Waals surface area contributed by atoms with Gasteiger partial charge in [-0.05, 0) is 36.8 Å². The minimum Gasteiger partial charge on any atom is -0.477 e. The number of hydrogen-bond acceptors (Lipinski definition) is 4. The Balaban J connectivity index is 2.04. The summed E-state index contributed by atoms with van der Waals surface area (Å²) in [4.78, 5) is 36.2. The summed E-state index contributed by atoms with van der Waals surface area (Å²) in [5.74, 6) is -1.40. The van der Waals surface area contributed by atoms with E-state index < -0.39 is 29.1 Å². The third kappa shape index (κ3) is 3.20. The van der Waals surface area contributed by atoms with Crippen LogP contribution in [0.3, 0.4) is 0 Å². The van der Waals surface area contributed by atoms with E-state index >= 15 is 0 Å². The van der Waals surface area contributed by atoms with Crippen LogP contribution in [0.1, 0.15) is 28.9 Å². The lowest BCUT2D eigenvalue weighted by Crippen LogP contribution is -2.25. The maximum atomic E-state index is 12.6. The summed E-state index contributed by atoms with van der Waals surface area (Å²) < 4.78 is 1.10. The molecule has 3 aromatic rings. The highest BCUT2D eigenvalue weighted by atomic mass is 16.4. The third-order valence-electron chi connectivity index (χ3n) is 4.00. The Bertz CT molecular complexity index is 1050. The number of carboxylic acid groups (broad SMARTS) is 1. The Morgan fingerprint density at radius 1 is 1.08 bits per heavy atom. The van der Waals surface area contributed by atoms with Crippen LogP contribution < -0.4 is 10.7 Å². The van der Waals surface area contributed by atoms with Crippen LogP contribution in [-0.2, 0) is 0 Å². The van der Waals surface area contributed by atoms with Gasteiger partial charge in [0.25, 0.3) is 0 Å². The fourth-order valence-corrected chi connectivity index (χ4v) is 2.63. The predicted molar refractivity (Wildman–Crippen MR) is 96.7 cm³/mol. The van der Waals surface area contributed by atoms with Crippen LogP contribution in [0.15, 0.2) is 59.5 Å². The summed E-state index contributed by atoms with van der Waals surface area (Å²) in [6.45, 7) is 1.63. The fraction of sp³-hybridized carbons (Fsp3) is 0.105. The van der Waals surface area contributed by atoms with Crippen molar-refractivity contribution in [2.24, 2.45) is 0 Å².